The molecule has 2 nitrogen and oxygen atoms in total. The summed E-state index contributed by atoms with van der Waals surface area (Å²) in [4.78, 5) is 0. The number of hydrogen-bond donors (Lipinski definition) is 0. The molecule has 63 valence electrons. The third-order valence-electron chi connectivity index (χ3n) is 1.32. The molecule has 0 aromatic heterocycles. The van der Waals surface area contributed by atoms with Crippen LogP contribution in [0.3, 0.4) is 0 Å². The highest BCUT2D eigenvalue weighted by Crippen LogP contribution is 2.01. The highest BCUT2D eigenvalue weighted by Gasteiger charge is 2.06. The van der Waals surface area contributed by atoms with Gasteiger partial charge in [0.1, 0.15) is 0 Å². The maximum Gasteiger partial charge on any atom is 0.320 e. The van der Waals surface area contributed by atoms with Crippen molar-refractivity contribution in [1.82, 2.24) is 0 Å². The summed E-state index contributed by atoms with van der Waals surface area (Å²) < 4.78 is 10.2. The lowest BCUT2D eigenvalue weighted by Gasteiger charge is -2.08. The van der Waals surface area contributed by atoms with Crippen molar-refractivity contribution in [2.45, 2.75) is 25.8 Å². The highest BCUT2D eigenvalue weighted by atomic mass is 28.3. The molecule has 0 saturated heterocycles. The van der Waals surface area contributed by atoms with Gasteiger partial charge in [-0.1, -0.05) is 27.2 Å². The normalized spacial score (nSPS) is 9.60. The van der Waals surface area contributed by atoms with Crippen LogP contribution in [0.15, 0.2) is 0 Å². The Bertz CT molecular complexity index is 55.6. The standard InChI is InChI=1S/C6H16O2Si.CH3/c1-4-5-6-9(7-2)8-3;/h9H,4-6H2,1-3H3;1H3. The summed E-state index contributed by atoms with van der Waals surface area (Å²) in [7, 11) is 2.25. The van der Waals surface area contributed by atoms with Crippen molar-refractivity contribution in [3.05, 3.63) is 7.43 Å². The molecule has 0 bridgehead atoms. The Hall–Kier alpha value is 0.137. The molecule has 3 heteroatoms. The average Bonchev–Trinajstić information content (AvgIpc) is 1.91. The summed E-state index contributed by atoms with van der Waals surface area (Å²) in [5, 5.41) is 0. The van der Waals surface area contributed by atoms with Crippen LogP contribution >= 0.6 is 0 Å². The second kappa shape index (κ2) is 9.14. The molecular weight excluding hydrogens is 144 g/mol. The molecule has 1 radical (unpaired) electrons. The van der Waals surface area contributed by atoms with Gasteiger partial charge in [-0.2, -0.15) is 0 Å². The summed E-state index contributed by atoms with van der Waals surface area (Å²) in [5.41, 5.74) is 0. The van der Waals surface area contributed by atoms with Crippen LogP contribution in [-0.2, 0) is 8.85 Å². The second-order valence-electron chi connectivity index (χ2n) is 2.04. The quantitative estimate of drug-likeness (QED) is 0.575. The predicted molar refractivity (Wildman–Crippen MR) is 47.3 cm³/mol. The molecule has 0 heterocycles. The smallest absolute Gasteiger partial charge is 0.320 e. The third kappa shape index (κ3) is 6.26. The van der Waals surface area contributed by atoms with Crippen molar-refractivity contribution in [3.8, 4) is 0 Å². The van der Waals surface area contributed by atoms with E-state index < -0.39 is 9.28 Å². The van der Waals surface area contributed by atoms with Crippen molar-refractivity contribution < 1.29 is 8.85 Å². The van der Waals surface area contributed by atoms with Crippen molar-refractivity contribution in [3.63, 3.8) is 0 Å². The Morgan fingerprint density at radius 2 is 1.70 bits per heavy atom. The van der Waals surface area contributed by atoms with E-state index in [4.69, 9.17) is 8.85 Å². The minimum atomic E-state index is -1.21. The van der Waals surface area contributed by atoms with Gasteiger partial charge in [0.05, 0.1) is 0 Å². The lowest BCUT2D eigenvalue weighted by atomic mass is 10.4. The van der Waals surface area contributed by atoms with Crippen LogP contribution in [0.4, 0.5) is 0 Å². The Morgan fingerprint density at radius 3 is 2.00 bits per heavy atom. The van der Waals surface area contributed by atoms with E-state index in [1.54, 1.807) is 14.2 Å². The van der Waals surface area contributed by atoms with Gasteiger partial charge in [0.25, 0.3) is 0 Å². The van der Waals surface area contributed by atoms with Gasteiger partial charge in [-0.15, -0.1) is 0 Å². The van der Waals surface area contributed by atoms with Gasteiger partial charge in [-0.25, -0.2) is 0 Å². The van der Waals surface area contributed by atoms with Crippen molar-refractivity contribution >= 4 is 9.28 Å². The first-order valence-corrected chi connectivity index (χ1v) is 5.16. The minimum absolute atomic E-state index is 0. The SMILES string of the molecule is CCCC[SiH](OC)OC.[CH3]. The van der Waals surface area contributed by atoms with Gasteiger partial charge in [-0.3, -0.25) is 0 Å². The summed E-state index contributed by atoms with van der Waals surface area (Å²) in [5.74, 6) is 0. The fourth-order valence-electron chi connectivity index (χ4n) is 0.703. The molecule has 0 aromatic rings. The van der Waals surface area contributed by atoms with Crippen LogP contribution in [0.2, 0.25) is 6.04 Å². The fourth-order valence-corrected chi connectivity index (χ4v) is 2.11. The summed E-state index contributed by atoms with van der Waals surface area (Å²) in [6, 6.07) is 1.14. The minimum Gasteiger partial charge on any atom is -0.400 e. The molecule has 0 spiro atoms. The lowest BCUT2D eigenvalue weighted by molar-refractivity contribution is 0.276. The molecule has 10 heavy (non-hydrogen) atoms. The van der Waals surface area contributed by atoms with E-state index in [1.165, 1.54) is 12.8 Å². The molecule has 0 unspecified atom stereocenters. The van der Waals surface area contributed by atoms with E-state index in [2.05, 4.69) is 6.92 Å². The van der Waals surface area contributed by atoms with Crippen LogP contribution in [0.25, 0.3) is 0 Å². The zero-order valence-corrected chi connectivity index (χ0v) is 8.67. The van der Waals surface area contributed by atoms with Gasteiger partial charge in [-0.05, 0) is 6.04 Å². The Labute approximate surface area is 66.4 Å². The highest BCUT2D eigenvalue weighted by molar-refractivity contribution is 6.44. The predicted octanol–water partition coefficient (Wildman–Crippen LogP) is 1.75. The van der Waals surface area contributed by atoms with Crippen LogP contribution in [-0.4, -0.2) is 23.5 Å². The van der Waals surface area contributed by atoms with Gasteiger partial charge in [0.15, 0.2) is 0 Å². The number of rotatable bonds is 5. The van der Waals surface area contributed by atoms with Crippen LogP contribution in [0.5, 0.6) is 0 Å². The molecule has 0 aliphatic carbocycles. The van der Waals surface area contributed by atoms with E-state index in [0.29, 0.717) is 0 Å². The summed E-state index contributed by atoms with van der Waals surface area (Å²) in [6.07, 6.45) is 2.47. The topological polar surface area (TPSA) is 18.5 Å². The van der Waals surface area contributed by atoms with Crippen molar-refractivity contribution in [1.29, 1.82) is 0 Å². The summed E-state index contributed by atoms with van der Waals surface area (Å²) in [6.45, 7) is 2.18. The van der Waals surface area contributed by atoms with Crippen LogP contribution < -0.4 is 0 Å². The first-order chi connectivity index (χ1) is 4.35. The largest absolute Gasteiger partial charge is 0.400 e. The van der Waals surface area contributed by atoms with Gasteiger partial charge in [0.2, 0.25) is 0 Å². The zero-order chi connectivity index (χ0) is 7.11. The first kappa shape index (κ1) is 12.8. The maximum atomic E-state index is 5.12. The monoisotopic (exact) mass is 163 g/mol. The second-order valence-corrected chi connectivity index (χ2v) is 4.42. The van der Waals surface area contributed by atoms with E-state index in [0.717, 1.165) is 6.04 Å². The van der Waals surface area contributed by atoms with Gasteiger partial charge in [0, 0.05) is 14.2 Å². The fraction of sp³-hybridized carbons (Fsp3) is 0.857. The van der Waals surface area contributed by atoms with Gasteiger partial charge >= 0.3 is 9.28 Å². The molecule has 0 aliphatic heterocycles. The summed E-state index contributed by atoms with van der Waals surface area (Å²) >= 11 is 0. The van der Waals surface area contributed by atoms with Crippen LogP contribution in [0.1, 0.15) is 19.8 Å². The van der Waals surface area contributed by atoms with E-state index in [9.17, 15) is 0 Å². The first-order valence-electron chi connectivity index (χ1n) is 3.40. The Morgan fingerprint density at radius 1 is 1.20 bits per heavy atom. The molecule has 0 atom stereocenters. The Kier molecular flexibility index (Phi) is 11.7. The maximum absolute atomic E-state index is 5.12. The molecule has 0 amide bonds. The van der Waals surface area contributed by atoms with E-state index >= 15 is 0 Å². The third-order valence-corrected chi connectivity index (χ3v) is 3.25. The Balaban J connectivity index is 0. The zero-order valence-electron chi connectivity index (χ0n) is 7.52. The van der Waals surface area contributed by atoms with Crippen molar-refractivity contribution in [2.75, 3.05) is 14.2 Å². The number of unbranched alkanes of at least 4 members (excludes halogenated alkanes) is 1. The molecular formula is C7H19O2Si. The lowest BCUT2D eigenvalue weighted by Crippen LogP contribution is -2.18. The van der Waals surface area contributed by atoms with E-state index in [-0.39, 0.29) is 7.43 Å². The van der Waals surface area contributed by atoms with Gasteiger partial charge < -0.3 is 8.85 Å². The molecule has 0 aromatic carbocycles. The molecule has 0 aliphatic rings. The molecule has 0 saturated carbocycles. The van der Waals surface area contributed by atoms with Crippen LogP contribution in [0, 0.1) is 7.43 Å². The van der Waals surface area contributed by atoms with Crippen molar-refractivity contribution in [2.24, 2.45) is 0 Å². The average molecular weight is 163 g/mol. The molecule has 0 fully saturated rings. The molecule has 0 rings (SSSR count). The van der Waals surface area contributed by atoms with E-state index in [1.807, 2.05) is 0 Å². The number of hydrogen-bond acceptors (Lipinski definition) is 2. The molecule has 0 N–H and O–H groups in total.